The topological polar surface area (TPSA) is 149 Å². The Kier molecular flexibility index (Phi) is 47.3. The normalized spacial score (nSPS) is 20.1. The number of ether oxygens (including phenoxy) is 2. The minimum atomic E-state index is -1.59. The standard InChI is InChI=1S/C63H105NO8/c1-3-5-7-9-11-13-15-17-19-21-23-25-27-28-29-30-31-33-35-37-39-41-43-45-47-49-51-53-59(67)64-56(55-71-63-62(70)61(69)60(68)58(54-65)72-63)57(66)52-50-48-46-44-42-40-38-36-34-32-26-24-22-20-18-16-14-12-10-8-6-4-2/h5,7,11,13,17,19,23,25,28-29,31,33,37,39,42-45,50,52,56-58,60-63,65-66,68-70H,3-4,6,8-10,12,14-16,18,20-22,24,26-27,30,32,34-36,38,40-41,46-49,51,53-55H2,1-2H3,(H,64,67)/b7-5-,13-11-,19-17-,25-23-,29-28-,33-31-,39-37-,44-42+,45-43-,52-50+. The van der Waals surface area contributed by atoms with Gasteiger partial charge < -0.3 is 40.3 Å². The summed E-state index contributed by atoms with van der Waals surface area (Å²) in [6, 6.07) is -0.855. The van der Waals surface area contributed by atoms with Gasteiger partial charge in [0.15, 0.2) is 6.29 Å². The van der Waals surface area contributed by atoms with Crippen molar-refractivity contribution in [1.82, 2.24) is 5.32 Å². The number of amides is 1. The summed E-state index contributed by atoms with van der Waals surface area (Å²) in [5.41, 5.74) is 0. The Morgan fingerprint density at radius 2 is 0.875 bits per heavy atom. The fourth-order valence-electron chi connectivity index (χ4n) is 8.25. The van der Waals surface area contributed by atoms with Gasteiger partial charge in [0.25, 0.3) is 0 Å². The zero-order valence-corrected chi connectivity index (χ0v) is 45.4. The van der Waals surface area contributed by atoms with Crippen LogP contribution in [0.25, 0.3) is 0 Å². The summed E-state index contributed by atoms with van der Waals surface area (Å²) in [7, 11) is 0. The van der Waals surface area contributed by atoms with Gasteiger partial charge in [-0.25, -0.2) is 0 Å². The summed E-state index contributed by atoms with van der Waals surface area (Å²) in [5, 5.41) is 54.5. The van der Waals surface area contributed by atoms with Crippen molar-refractivity contribution in [2.75, 3.05) is 13.2 Å². The molecule has 9 nitrogen and oxygen atoms in total. The molecule has 0 saturated carbocycles. The van der Waals surface area contributed by atoms with Gasteiger partial charge in [-0.15, -0.1) is 0 Å². The van der Waals surface area contributed by atoms with E-state index in [2.05, 4.69) is 129 Å². The number of aliphatic hydroxyl groups is 5. The second-order valence-electron chi connectivity index (χ2n) is 19.3. The number of hydrogen-bond acceptors (Lipinski definition) is 8. The van der Waals surface area contributed by atoms with Gasteiger partial charge in [-0.1, -0.05) is 232 Å². The van der Waals surface area contributed by atoms with Crippen molar-refractivity contribution in [3.8, 4) is 0 Å². The first-order valence-corrected chi connectivity index (χ1v) is 28.8. The van der Waals surface area contributed by atoms with E-state index in [1.165, 1.54) is 103 Å². The van der Waals surface area contributed by atoms with Crippen LogP contribution >= 0.6 is 0 Å². The summed E-state index contributed by atoms with van der Waals surface area (Å²) >= 11 is 0. The molecule has 410 valence electrons. The lowest BCUT2D eigenvalue weighted by atomic mass is 9.99. The molecule has 1 fully saturated rings. The Balaban J connectivity index is 2.33. The van der Waals surface area contributed by atoms with Crippen LogP contribution in [0.4, 0.5) is 0 Å². The second-order valence-corrected chi connectivity index (χ2v) is 19.3. The van der Waals surface area contributed by atoms with Gasteiger partial charge in [0, 0.05) is 6.42 Å². The van der Waals surface area contributed by atoms with E-state index in [9.17, 15) is 30.3 Å². The molecule has 1 amide bonds. The molecule has 7 unspecified atom stereocenters. The summed E-state index contributed by atoms with van der Waals surface area (Å²) in [5.74, 6) is -0.233. The van der Waals surface area contributed by atoms with Gasteiger partial charge in [-0.2, -0.15) is 0 Å². The van der Waals surface area contributed by atoms with Crippen molar-refractivity contribution in [3.05, 3.63) is 122 Å². The predicted octanol–water partition coefficient (Wildman–Crippen LogP) is 14.3. The average molecular weight is 1000 g/mol. The number of nitrogens with one attached hydrogen (secondary N) is 1. The number of unbranched alkanes of at least 4 members (excludes halogenated alkanes) is 19. The lowest BCUT2D eigenvalue weighted by Crippen LogP contribution is -2.60. The lowest BCUT2D eigenvalue weighted by Gasteiger charge is -2.40. The monoisotopic (exact) mass is 1000 g/mol. The summed E-state index contributed by atoms with van der Waals surface area (Å²) in [4.78, 5) is 13.0. The maximum absolute atomic E-state index is 13.0. The molecule has 0 aromatic carbocycles. The summed E-state index contributed by atoms with van der Waals surface area (Å²) in [6.45, 7) is 3.62. The van der Waals surface area contributed by atoms with E-state index >= 15 is 0 Å². The minimum absolute atomic E-state index is 0.227. The van der Waals surface area contributed by atoms with Crippen molar-refractivity contribution >= 4 is 5.91 Å². The Hall–Kier alpha value is -3.41. The smallest absolute Gasteiger partial charge is 0.220 e. The average Bonchev–Trinajstić information content (AvgIpc) is 3.38. The highest BCUT2D eigenvalue weighted by atomic mass is 16.7. The highest BCUT2D eigenvalue weighted by molar-refractivity contribution is 5.76. The van der Waals surface area contributed by atoms with Crippen molar-refractivity contribution in [2.24, 2.45) is 0 Å². The zero-order chi connectivity index (χ0) is 52.2. The van der Waals surface area contributed by atoms with Crippen LogP contribution in [-0.2, 0) is 14.3 Å². The Morgan fingerprint density at radius 3 is 1.33 bits per heavy atom. The molecule has 1 saturated heterocycles. The Morgan fingerprint density at radius 1 is 0.486 bits per heavy atom. The van der Waals surface area contributed by atoms with E-state index in [0.29, 0.717) is 6.42 Å². The molecule has 1 aliphatic heterocycles. The van der Waals surface area contributed by atoms with Crippen LogP contribution in [0.1, 0.15) is 213 Å². The third kappa shape index (κ3) is 40.0. The molecule has 1 aliphatic rings. The molecule has 1 heterocycles. The summed E-state index contributed by atoms with van der Waals surface area (Å²) in [6.07, 6.45) is 69.7. The van der Waals surface area contributed by atoms with Crippen LogP contribution in [-0.4, -0.2) is 87.5 Å². The molecule has 7 atom stereocenters. The number of allylic oxidation sites excluding steroid dienone is 19. The molecule has 0 aliphatic carbocycles. The molecule has 0 radical (unpaired) electrons. The third-order valence-electron chi connectivity index (χ3n) is 12.8. The molecule has 0 aromatic heterocycles. The van der Waals surface area contributed by atoms with Gasteiger partial charge in [0.05, 0.1) is 25.4 Å². The highest BCUT2D eigenvalue weighted by Gasteiger charge is 2.44. The number of carbonyl (C=O) groups is 1. The van der Waals surface area contributed by atoms with Gasteiger partial charge in [-0.05, 0) is 96.3 Å². The van der Waals surface area contributed by atoms with Crippen LogP contribution in [0, 0.1) is 0 Å². The number of carbonyl (C=O) groups excluding carboxylic acids is 1. The molecular formula is C63H105NO8. The van der Waals surface area contributed by atoms with Gasteiger partial charge >= 0.3 is 0 Å². The van der Waals surface area contributed by atoms with Crippen LogP contribution < -0.4 is 5.32 Å². The van der Waals surface area contributed by atoms with E-state index < -0.39 is 49.5 Å². The van der Waals surface area contributed by atoms with Gasteiger partial charge in [-0.3, -0.25) is 4.79 Å². The Labute approximate surface area is 439 Å². The number of rotatable bonds is 47. The SMILES string of the molecule is CC/C=C\C/C=C\C/C=C\C/C=C\C/C=C\C/C=C\C/C=C\C/C=C\CCCCC(=O)NC(COC1OC(CO)C(O)C(O)C1O)C(O)/C=C/CC/C=C/CCCCCCCCCCCCCCCCCC. The first-order chi connectivity index (χ1) is 35.3. The van der Waals surface area contributed by atoms with Crippen LogP contribution in [0.2, 0.25) is 0 Å². The number of aliphatic hydroxyl groups excluding tert-OH is 5. The number of hydrogen-bond donors (Lipinski definition) is 6. The second kappa shape index (κ2) is 51.1. The van der Waals surface area contributed by atoms with Crippen LogP contribution in [0.5, 0.6) is 0 Å². The molecule has 0 spiro atoms. The first kappa shape index (κ1) is 66.6. The third-order valence-corrected chi connectivity index (χ3v) is 12.8. The highest BCUT2D eigenvalue weighted by Crippen LogP contribution is 2.23. The van der Waals surface area contributed by atoms with E-state index in [4.69, 9.17) is 9.47 Å². The predicted molar refractivity (Wildman–Crippen MR) is 304 cm³/mol. The molecule has 72 heavy (non-hydrogen) atoms. The summed E-state index contributed by atoms with van der Waals surface area (Å²) < 4.78 is 11.2. The molecule has 6 N–H and O–H groups in total. The van der Waals surface area contributed by atoms with Crippen LogP contribution in [0.15, 0.2) is 122 Å². The van der Waals surface area contributed by atoms with Crippen molar-refractivity contribution < 1.29 is 39.8 Å². The van der Waals surface area contributed by atoms with Crippen molar-refractivity contribution in [1.29, 1.82) is 0 Å². The van der Waals surface area contributed by atoms with E-state index in [-0.39, 0.29) is 18.9 Å². The van der Waals surface area contributed by atoms with Crippen molar-refractivity contribution in [3.63, 3.8) is 0 Å². The first-order valence-electron chi connectivity index (χ1n) is 28.8. The van der Waals surface area contributed by atoms with Crippen LogP contribution in [0.3, 0.4) is 0 Å². The van der Waals surface area contributed by atoms with Gasteiger partial charge in [0.1, 0.15) is 24.4 Å². The lowest BCUT2D eigenvalue weighted by molar-refractivity contribution is -0.302. The largest absolute Gasteiger partial charge is 0.394 e. The molecule has 0 aromatic rings. The fraction of sp³-hybridized carbons (Fsp3) is 0.667. The molecule has 0 bridgehead atoms. The Bertz CT molecular complexity index is 1540. The molecule has 1 rings (SSSR count). The minimum Gasteiger partial charge on any atom is -0.394 e. The fourth-order valence-corrected chi connectivity index (χ4v) is 8.25. The van der Waals surface area contributed by atoms with Gasteiger partial charge in [0.2, 0.25) is 5.91 Å². The molecule has 9 heteroatoms. The van der Waals surface area contributed by atoms with E-state index in [1.54, 1.807) is 6.08 Å². The van der Waals surface area contributed by atoms with E-state index in [1.807, 2.05) is 6.08 Å². The maximum atomic E-state index is 13.0. The van der Waals surface area contributed by atoms with E-state index in [0.717, 1.165) is 83.5 Å². The van der Waals surface area contributed by atoms with Crippen molar-refractivity contribution in [2.45, 2.75) is 256 Å². The quantitative estimate of drug-likeness (QED) is 0.0261. The maximum Gasteiger partial charge on any atom is 0.220 e. The molecular weight excluding hydrogens is 899 g/mol. The zero-order valence-electron chi connectivity index (χ0n) is 45.4.